The molecule has 132 valence electrons. The Balaban J connectivity index is 1.52. The van der Waals surface area contributed by atoms with E-state index in [1.807, 2.05) is 27.0 Å². The van der Waals surface area contributed by atoms with E-state index in [1.54, 1.807) is 0 Å². The largest absolute Gasteiger partial charge is 0.352 e. The summed E-state index contributed by atoms with van der Waals surface area (Å²) in [6.07, 6.45) is 6.65. The van der Waals surface area contributed by atoms with Crippen LogP contribution >= 0.6 is 0 Å². The fourth-order valence-corrected chi connectivity index (χ4v) is 3.53. The lowest BCUT2D eigenvalue weighted by atomic mass is 10.2. The number of nitrogens with zero attached hydrogens (tertiary/aromatic N) is 4. The van der Waals surface area contributed by atoms with Gasteiger partial charge in [0.05, 0.1) is 6.04 Å². The Morgan fingerprint density at radius 2 is 1.88 bits per heavy atom. The molecule has 1 aliphatic heterocycles. The lowest BCUT2D eigenvalue weighted by Crippen LogP contribution is -2.55. The number of amides is 1. The van der Waals surface area contributed by atoms with Crippen molar-refractivity contribution in [2.45, 2.75) is 58.5 Å². The molecule has 0 spiro atoms. The van der Waals surface area contributed by atoms with E-state index >= 15 is 0 Å². The van der Waals surface area contributed by atoms with E-state index in [4.69, 9.17) is 0 Å². The van der Waals surface area contributed by atoms with Crippen molar-refractivity contribution < 1.29 is 4.79 Å². The summed E-state index contributed by atoms with van der Waals surface area (Å²) in [7, 11) is 0. The molecule has 6 nitrogen and oxygen atoms in total. The first-order chi connectivity index (χ1) is 11.5. The first-order valence-corrected chi connectivity index (χ1v) is 9.14. The Bertz CT molecular complexity index is 577. The van der Waals surface area contributed by atoms with Gasteiger partial charge in [0.15, 0.2) is 0 Å². The fraction of sp³-hybridized carbons (Fsp3) is 0.722. The van der Waals surface area contributed by atoms with Crippen LogP contribution in [0.2, 0.25) is 0 Å². The number of piperazine rings is 1. The minimum absolute atomic E-state index is 0.0616. The number of carbonyl (C=O) groups is 1. The van der Waals surface area contributed by atoms with Crippen LogP contribution in [0.25, 0.3) is 0 Å². The number of nitrogens with one attached hydrogen (secondary N) is 1. The quantitative estimate of drug-likeness (QED) is 0.909. The van der Waals surface area contributed by atoms with E-state index < -0.39 is 0 Å². The second-order valence-electron chi connectivity index (χ2n) is 7.13. The van der Waals surface area contributed by atoms with Crippen molar-refractivity contribution in [2.24, 2.45) is 0 Å². The van der Waals surface area contributed by atoms with Crippen LogP contribution < -0.4 is 10.2 Å². The lowest BCUT2D eigenvalue weighted by Gasteiger charge is -2.37. The molecule has 1 aliphatic carbocycles. The summed E-state index contributed by atoms with van der Waals surface area (Å²) >= 11 is 0. The minimum Gasteiger partial charge on any atom is -0.352 e. The summed E-state index contributed by atoms with van der Waals surface area (Å²) < 4.78 is 0. The zero-order valence-corrected chi connectivity index (χ0v) is 15.1. The van der Waals surface area contributed by atoms with Gasteiger partial charge in [-0.2, -0.15) is 0 Å². The average molecular weight is 331 g/mol. The molecule has 2 heterocycles. The third-order valence-corrected chi connectivity index (χ3v) is 5.44. The molecule has 1 saturated carbocycles. The van der Waals surface area contributed by atoms with Crippen LogP contribution in [0.4, 0.5) is 5.95 Å². The number of rotatable bonds is 4. The van der Waals surface area contributed by atoms with Gasteiger partial charge in [0.1, 0.15) is 0 Å². The Hall–Kier alpha value is -1.69. The van der Waals surface area contributed by atoms with Crippen molar-refractivity contribution in [2.75, 3.05) is 31.1 Å². The van der Waals surface area contributed by atoms with Gasteiger partial charge >= 0.3 is 0 Å². The van der Waals surface area contributed by atoms with Gasteiger partial charge in [-0.25, -0.2) is 9.97 Å². The zero-order valence-electron chi connectivity index (χ0n) is 15.1. The van der Waals surface area contributed by atoms with Crippen LogP contribution in [0.15, 0.2) is 6.20 Å². The number of aryl methyl sites for hydroxylation is 2. The molecule has 6 heteroatoms. The standard InChI is InChI=1S/C18H29N5O/c1-13-12-19-18(20-14(13)2)23-10-8-22(9-11-23)15(3)17(24)21-16-6-4-5-7-16/h12,15-16H,4-11H2,1-3H3,(H,21,24). The molecule has 2 fully saturated rings. The molecule has 2 aliphatic rings. The Morgan fingerprint density at radius 1 is 1.21 bits per heavy atom. The van der Waals surface area contributed by atoms with E-state index in [0.717, 1.165) is 56.2 Å². The van der Waals surface area contributed by atoms with Gasteiger partial charge in [-0.3, -0.25) is 9.69 Å². The Kier molecular flexibility index (Phi) is 5.33. The summed E-state index contributed by atoms with van der Waals surface area (Å²) in [4.78, 5) is 26.0. The van der Waals surface area contributed by atoms with Crippen molar-refractivity contribution >= 4 is 11.9 Å². The number of hydrogen-bond acceptors (Lipinski definition) is 5. The lowest BCUT2D eigenvalue weighted by molar-refractivity contribution is -0.126. The minimum atomic E-state index is -0.0616. The Labute approximate surface area is 144 Å². The molecule has 1 N–H and O–H groups in total. The molecule has 1 aromatic heterocycles. The van der Waals surface area contributed by atoms with Gasteiger partial charge < -0.3 is 10.2 Å². The summed E-state index contributed by atoms with van der Waals surface area (Å²) in [6, 6.07) is 0.332. The van der Waals surface area contributed by atoms with Gasteiger partial charge in [-0.15, -0.1) is 0 Å². The maximum Gasteiger partial charge on any atom is 0.237 e. The first kappa shape index (κ1) is 17.1. The molecule has 3 rings (SSSR count). The fourth-order valence-electron chi connectivity index (χ4n) is 3.53. The van der Waals surface area contributed by atoms with E-state index in [0.29, 0.717) is 6.04 Å². The molecule has 0 aromatic carbocycles. The monoisotopic (exact) mass is 331 g/mol. The highest BCUT2D eigenvalue weighted by atomic mass is 16.2. The van der Waals surface area contributed by atoms with Crippen molar-refractivity contribution in [3.05, 3.63) is 17.5 Å². The Morgan fingerprint density at radius 3 is 2.50 bits per heavy atom. The molecule has 1 amide bonds. The van der Waals surface area contributed by atoms with Gasteiger partial charge in [0.25, 0.3) is 0 Å². The summed E-state index contributed by atoms with van der Waals surface area (Å²) in [6.45, 7) is 9.54. The van der Waals surface area contributed by atoms with Crippen LogP contribution in [-0.4, -0.2) is 59.0 Å². The number of hydrogen-bond donors (Lipinski definition) is 1. The highest BCUT2D eigenvalue weighted by Crippen LogP contribution is 2.18. The van der Waals surface area contributed by atoms with Gasteiger partial charge in [-0.1, -0.05) is 12.8 Å². The van der Waals surface area contributed by atoms with Crippen LogP contribution in [0.1, 0.15) is 43.9 Å². The zero-order chi connectivity index (χ0) is 17.1. The van der Waals surface area contributed by atoms with Gasteiger partial charge in [0.2, 0.25) is 11.9 Å². The molecule has 0 radical (unpaired) electrons. The van der Waals surface area contributed by atoms with Crippen LogP contribution in [-0.2, 0) is 4.79 Å². The third kappa shape index (κ3) is 3.86. The van der Waals surface area contributed by atoms with Crippen LogP contribution in [0, 0.1) is 13.8 Å². The molecule has 1 atom stereocenters. The van der Waals surface area contributed by atoms with E-state index in [-0.39, 0.29) is 11.9 Å². The third-order valence-electron chi connectivity index (χ3n) is 5.44. The molecule has 1 aromatic rings. The summed E-state index contributed by atoms with van der Waals surface area (Å²) in [5.74, 6) is 0.985. The second kappa shape index (κ2) is 7.47. The highest BCUT2D eigenvalue weighted by molar-refractivity contribution is 5.81. The average Bonchev–Trinajstić information content (AvgIpc) is 3.10. The predicted molar refractivity (Wildman–Crippen MR) is 95.2 cm³/mol. The number of aromatic nitrogens is 2. The van der Waals surface area contributed by atoms with Crippen LogP contribution in [0.5, 0.6) is 0 Å². The SMILES string of the molecule is Cc1cnc(N2CCN(C(C)C(=O)NC3CCCC3)CC2)nc1C. The van der Waals surface area contributed by atoms with Crippen molar-refractivity contribution in [1.29, 1.82) is 0 Å². The molecular formula is C18H29N5O. The van der Waals surface area contributed by atoms with E-state index in [9.17, 15) is 4.79 Å². The van der Waals surface area contributed by atoms with Crippen molar-refractivity contribution in [1.82, 2.24) is 20.2 Å². The van der Waals surface area contributed by atoms with E-state index in [1.165, 1.54) is 12.8 Å². The van der Waals surface area contributed by atoms with E-state index in [2.05, 4.69) is 25.1 Å². The first-order valence-electron chi connectivity index (χ1n) is 9.14. The number of carbonyl (C=O) groups excluding carboxylic acids is 1. The maximum atomic E-state index is 12.4. The molecule has 1 saturated heterocycles. The van der Waals surface area contributed by atoms with Crippen LogP contribution in [0.3, 0.4) is 0 Å². The smallest absolute Gasteiger partial charge is 0.237 e. The molecule has 1 unspecified atom stereocenters. The molecule has 0 bridgehead atoms. The van der Waals surface area contributed by atoms with Gasteiger partial charge in [-0.05, 0) is 39.2 Å². The second-order valence-corrected chi connectivity index (χ2v) is 7.13. The van der Waals surface area contributed by atoms with Crippen molar-refractivity contribution in [3.63, 3.8) is 0 Å². The summed E-state index contributed by atoms with van der Waals surface area (Å²) in [5, 5.41) is 3.21. The molecular weight excluding hydrogens is 302 g/mol. The normalized spacial score (nSPS) is 21.0. The van der Waals surface area contributed by atoms with Crippen molar-refractivity contribution in [3.8, 4) is 0 Å². The number of anilines is 1. The molecule has 24 heavy (non-hydrogen) atoms. The van der Waals surface area contributed by atoms with Gasteiger partial charge in [0, 0.05) is 44.1 Å². The summed E-state index contributed by atoms with van der Waals surface area (Å²) in [5.41, 5.74) is 2.15. The maximum absolute atomic E-state index is 12.4. The topological polar surface area (TPSA) is 61.4 Å². The highest BCUT2D eigenvalue weighted by Gasteiger charge is 2.28. The predicted octanol–water partition coefficient (Wildman–Crippen LogP) is 1.66.